The predicted octanol–water partition coefficient (Wildman–Crippen LogP) is 3.99. The van der Waals surface area contributed by atoms with Gasteiger partial charge in [0.25, 0.3) is 5.91 Å². The number of hydrogen-bond acceptors (Lipinski definition) is 3. The van der Waals surface area contributed by atoms with Crippen molar-refractivity contribution in [1.29, 1.82) is 0 Å². The minimum absolute atomic E-state index is 0.0783. The van der Waals surface area contributed by atoms with E-state index in [9.17, 15) is 4.79 Å². The van der Waals surface area contributed by atoms with Crippen LogP contribution in [-0.4, -0.2) is 12.5 Å². The first-order chi connectivity index (χ1) is 9.56. The topological polar surface area (TPSA) is 46.3 Å². The first-order valence-electron chi connectivity index (χ1n) is 6.52. The summed E-state index contributed by atoms with van der Waals surface area (Å²) in [6.07, 6.45) is 1.96. The lowest BCUT2D eigenvalue weighted by molar-refractivity contribution is 0.0989. The molecule has 104 valence electrons. The lowest BCUT2D eigenvalue weighted by Gasteiger charge is -2.29. The Balaban J connectivity index is 1.98. The minimum atomic E-state index is 0.0783. The predicted molar refractivity (Wildman–Crippen MR) is 87.6 cm³/mol. The molecule has 1 aromatic heterocycles. The van der Waals surface area contributed by atoms with Crippen LogP contribution >= 0.6 is 27.3 Å². The molecule has 0 fully saturated rings. The number of hydrogen-bond donors (Lipinski definition) is 1. The Morgan fingerprint density at radius 1 is 1.40 bits per heavy atom. The maximum absolute atomic E-state index is 12.7. The second-order valence-corrected chi connectivity index (χ2v) is 7.39. The van der Waals surface area contributed by atoms with E-state index in [0.717, 1.165) is 50.6 Å². The van der Waals surface area contributed by atoms with Gasteiger partial charge in [-0.2, -0.15) is 0 Å². The molecule has 20 heavy (non-hydrogen) atoms. The number of anilines is 2. The Morgan fingerprint density at radius 2 is 2.20 bits per heavy atom. The van der Waals surface area contributed by atoms with E-state index < -0.39 is 0 Å². The largest absolute Gasteiger partial charge is 0.399 e. The van der Waals surface area contributed by atoms with Crippen LogP contribution in [0.3, 0.4) is 0 Å². The summed E-state index contributed by atoms with van der Waals surface area (Å²) in [5.74, 6) is 0.0783. The number of thiophene rings is 1. The van der Waals surface area contributed by atoms with Gasteiger partial charge in [0.1, 0.15) is 0 Å². The number of nitrogens with two attached hydrogens (primary N) is 1. The average Bonchev–Trinajstić information content (AvgIpc) is 2.77. The van der Waals surface area contributed by atoms with Crippen LogP contribution in [0, 0.1) is 6.92 Å². The maximum atomic E-state index is 12.7. The Labute approximate surface area is 130 Å². The molecule has 5 heteroatoms. The number of benzene rings is 1. The van der Waals surface area contributed by atoms with E-state index in [4.69, 9.17) is 5.73 Å². The van der Waals surface area contributed by atoms with Crippen molar-refractivity contribution in [3.63, 3.8) is 0 Å². The molecule has 1 aromatic carbocycles. The van der Waals surface area contributed by atoms with E-state index in [-0.39, 0.29) is 5.91 Å². The van der Waals surface area contributed by atoms with E-state index in [1.54, 1.807) is 0 Å². The molecular formula is C15H15BrN2OS. The van der Waals surface area contributed by atoms with Gasteiger partial charge >= 0.3 is 0 Å². The van der Waals surface area contributed by atoms with Gasteiger partial charge in [0.2, 0.25) is 0 Å². The van der Waals surface area contributed by atoms with Crippen LogP contribution in [0.2, 0.25) is 0 Å². The van der Waals surface area contributed by atoms with Gasteiger partial charge in [-0.05, 0) is 71.1 Å². The van der Waals surface area contributed by atoms with Crippen LogP contribution in [-0.2, 0) is 6.42 Å². The van der Waals surface area contributed by atoms with Crippen molar-refractivity contribution < 1.29 is 4.79 Å². The molecule has 2 aromatic rings. The number of amides is 1. The first kappa shape index (κ1) is 13.6. The van der Waals surface area contributed by atoms with Crippen molar-refractivity contribution in [2.24, 2.45) is 0 Å². The smallest absolute Gasteiger partial charge is 0.268 e. The van der Waals surface area contributed by atoms with E-state index >= 15 is 0 Å². The molecule has 1 aliphatic rings. The first-order valence-corrected chi connectivity index (χ1v) is 8.13. The molecule has 0 bridgehead atoms. The number of nitrogens with zero attached hydrogens (tertiary/aromatic N) is 1. The summed E-state index contributed by atoms with van der Waals surface area (Å²) in [7, 11) is 0. The molecule has 0 atom stereocenters. The lowest BCUT2D eigenvalue weighted by Crippen LogP contribution is -2.35. The normalized spacial score (nSPS) is 14.2. The van der Waals surface area contributed by atoms with Crippen molar-refractivity contribution in [2.45, 2.75) is 19.8 Å². The van der Waals surface area contributed by atoms with E-state index in [0.29, 0.717) is 0 Å². The molecule has 1 amide bonds. The lowest BCUT2D eigenvalue weighted by atomic mass is 10.0. The molecule has 0 aliphatic carbocycles. The molecule has 0 spiro atoms. The van der Waals surface area contributed by atoms with Crippen LogP contribution in [0.15, 0.2) is 28.1 Å². The van der Waals surface area contributed by atoms with E-state index in [1.807, 2.05) is 36.1 Å². The third-order valence-corrected chi connectivity index (χ3v) is 5.66. The molecule has 2 heterocycles. The summed E-state index contributed by atoms with van der Waals surface area (Å²) in [6, 6.07) is 7.74. The van der Waals surface area contributed by atoms with Crippen molar-refractivity contribution in [2.75, 3.05) is 17.2 Å². The van der Waals surface area contributed by atoms with Crippen LogP contribution < -0.4 is 10.6 Å². The summed E-state index contributed by atoms with van der Waals surface area (Å²) in [5.41, 5.74) is 9.85. The van der Waals surface area contributed by atoms with Gasteiger partial charge in [-0.3, -0.25) is 4.79 Å². The fourth-order valence-electron chi connectivity index (χ4n) is 2.53. The molecular weight excluding hydrogens is 336 g/mol. The number of carbonyl (C=O) groups is 1. The molecule has 1 aliphatic heterocycles. The highest BCUT2D eigenvalue weighted by molar-refractivity contribution is 9.11. The summed E-state index contributed by atoms with van der Waals surface area (Å²) in [5, 5.41) is 0. The number of carbonyl (C=O) groups excluding carboxylic acids is 1. The van der Waals surface area contributed by atoms with Gasteiger partial charge in [-0.15, -0.1) is 11.3 Å². The summed E-state index contributed by atoms with van der Waals surface area (Å²) < 4.78 is 1.02. The second-order valence-electron chi connectivity index (χ2n) is 5.02. The highest BCUT2D eigenvalue weighted by Crippen LogP contribution is 2.33. The number of rotatable bonds is 1. The zero-order valence-corrected chi connectivity index (χ0v) is 13.6. The van der Waals surface area contributed by atoms with Crippen LogP contribution in [0.5, 0.6) is 0 Å². The molecule has 0 unspecified atom stereocenters. The zero-order chi connectivity index (χ0) is 14.3. The Bertz CT molecular complexity index is 661. The van der Waals surface area contributed by atoms with Crippen molar-refractivity contribution >= 4 is 44.5 Å². The molecule has 3 nitrogen and oxygen atoms in total. The van der Waals surface area contributed by atoms with Crippen molar-refractivity contribution in [3.8, 4) is 0 Å². The van der Waals surface area contributed by atoms with E-state index in [1.165, 1.54) is 11.3 Å². The van der Waals surface area contributed by atoms with Gasteiger partial charge in [-0.25, -0.2) is 0 Å². The highest BCUT2D eigenvalue weighted by Gasteiger charge is 2.25. The van der Waals surface area contributed by atoms with Gasteiger partial charge in [-0.1, -0.05) is 0 Å². The summed E-state index contributed by atoms with van der Waals surface area (Å²) in [4.78, 5) is 15.3. The second kappa shape index (κ2) is 5.22. The third-order valence-electron chi connectivity index (χ3n) is 3.54. The Kier molecular flexibility index (Phi) is 3.56. The Morgan fingerprint density at radius 3 is 2.90 bits per heavy atom. The summed E-state index contributed by atoms with van der Waals surface area (Å²) in [6.45, 7) is 2.77. The monoisotopic (exact) mass is 350 g/mol. The summed E-state index contributed by atoms with van der Waals surface area (Å²) >= 11 is 4.98. The van der Waals surface area contributed by atoms with Gasteiger partial charge in [0, 0.05) is 17.9 Å². The van der Waals surface area contributed by atoms with E-state index in [2.05, 4.69) is 15.9 Å². The molecule has 0 radical (unpaired) electrons. The van der Waals surface area contributed by atoms with Crippen LogP contribution in [0.4, 0.5) is 11.4 Å². The van der Waals surface area contributed by atoms with Crippen LogP contribution in [0.25, 0.3) is 0 Å². The Hall–Kier alpha value is -1.33. The fraction of sp³-hybridized carbons (Fsp3) is 0.267. The van der Waals surface area contributed by atoms with Gasteiger partial charge < -0.3 is 10.6 Å². The van der Waals surface area contributed by atoms with Gasteiger partial charge in [0.05, 0.1) is 8.66 Å². The highest BCUT2D eigenvalue weighted by atomic mass is 79.9. The number of aryl methyl sites for hydroxylation is 2. The average molecular weight is 351 g/mol. The maximum Gasteiger partial charge on any atom is 0.268 e. The molecule has 0 saturated carbocycles. The quantitative estimate of drug-likeness (QED) is 0.790. The van der Waals surface area contributed by atoms with Crippen molar-refractivity contribution in [3.05, 3.63) is 44.1 Å². The number of halogens is 1. The molecule has 2 N–H and O–H groups in total. The molecule has 0 saturated heterocycles. The fourth-order valence-corrected chi connectivity index (χ4v) is 4.01. The van der Waals surface area contributed by atoms with Crippen LogP contribution in [0.1, 0.15) is 27.2 Å². The number of fused-ring (bicyclic) bond motifs is 1. The standard InChI is InChI=1S/C15H15BrN2OS/c1-9-7-13(20-14(9)16)15(19)18-6-2-3-10-8-11(17)4-5-12(10)18/h4-5,7-8H,2-3,6,17H2,1H3. The number of nitrogen functional groups attached to an aromatic ring is 1. The minimum Gasteiger partial charge on any atom is -0.399 e. The molecule has 3 rings (SSSR count). The SMILES string of the molecule is Cc1cc(C(=O)N2CCCc3cc(N)ccc32)sc1Br. The third kappa shape index (κ3) is 2.36. The van der Waals surface area contributed by atoms with Gasteiger partial charge in [0.15, 0.2) is 0 Å². The van der Waals surface area contributed by atoms with Crippen molar-refractivity contribution in [1.82, 2.24) is 0 Å². The zero-order valence-electron chi connectivity index (χ0n) is 11.1.